The van der Waals surface area contributed by atoms with Gasteiger partial charge in [0.15, 0.2) is 0 Å². The zero-order valence-corrected chi connectivity index (χ0v) is 11.8. The van der Waals surface area contributed by atoms with Crippen molar-refractivity contribution >= 4 is 21.4 Å². The highest BCUT2D eigenvalue weighted by Gasteiger charge is 2.32. The van der Waals surface area contributed by atoms with E-state index in [-0.39, 0.29) is 10.6 Å². The summed E-state index contributed by atoms with van der Waals surface area (Å²) in [7, 11) is -3.72. The Hall–Kier alpha value is -2.59. The summed E-state index contributed by atoms with van der Waals surface area (Å²) in [5, 5.41) is 8.72. The molecule has 21 heavy (non-hydrogen) atoms. The molecule has 1 aliphatic rings. The number of aromatic nitrogens is 1. The van der Waals surface area contributed by atoms with E-state index in [1.54, 1.807) is 6.07 Å². The largest absolute Gasteiger partial charge is 0.397 e. The Balaban J connectivity index is 2.07. The molecule has 1 aromatic carbocycles. The molecule has 7 heteroatoms. The van der Waals surface area contributed by atoms with Crippen LogP contribution >= 0.6 is 0 Å². The standard InChI is InChI=1S/C14H12N4O2S/c15-8-11-4-5-12(9-17-11)21(19,20)18-7-6-10-2-1-3-13(16)14(10)18/h1-5,9H,6-7,16H2. The first-order valence-corrected chi connectivity index (χ1v) is 7.74. The third-order valence-electron chi connectivity index (χ3n) is 3.42. The van der Waals surface area contributed by atoms with Crippen molar-refractivity contribution in [2.24, 2.45) is 0 Å². The first kappa shape index (κ1) is 13.4. The van der Waals surface area contributed by atoms with Gasteiger partial charge in [0.1, 0.15) is 16.7 Å². The lowest BCUT2D eigenvalue weighted by Gasteiger charge is -2.20. The topological polar surface area (TPSA) is 100 Å². The van der Waals surface area contributed by atoms with Gasteiger partial charge < -0.3 is 5.73 Å². The Morgan fingerprint density at radius 3 is 2.76 bits per heavy atom. The van der Waals surface area contributed by atoms with Crippen LogP contribution in [0.25, 0.3) is 0 Å². The van der Waals surface area contributed by atoms with Crippen molar-refractivity contribution in [2.45, 2.75) is 11.3 Å². The van der Waals surface area contributed by atoms with Crippen LogP contribution < -0.4 is 10.0 Å². The normalized spacial score (nSPS) is 13.8. The third-order valence-corrected chi connectivity index (χ3v) is 5.21. The van der Waals surface area contributed by atoms with Crippen molar-refractivity contribution in [3.63, 3.8) is 0 Å². The molecule has 2 aromatic rings. The summed E-state index contributed by atoms with van der Waals surface area (Å²) >= 11 is 0. The lowest BCUT2D eigenvalue weighted by molar-refractivity contribution is 0.592. The molecule has 0 saturated carbocycles. The van der Waals surface area contributed by atoms with E-state index in [9.17, 15) is 8.42 Å². The van der Waals surface area contributed by atoms with Crippen LogP contribution in [0.2, 0.25) is 0 Å². The van der Waals surface area contributed by atoms with Gasteiger partial charge >= 0.3 is 0 Å². The molecule has 0 aliphatic carbocycles. The van der Waals surface area contributed by atoms with Crippen molar-refractivity contribution in [1.29, 1.82) is 5.26 Å². The van der Waals surface area contributed by atoms with Crippen LogP contribution in [-0.4, -0.2) is 19.9 Å². The molecule has 6 nitrogen and oxygen atoms in total. The van der Waals surface area contributed by atoms with E-state index in [0.29, 0.717) is 24.3 Å². The predicted octanol–water partition coefficient (Wildman–Crippen LogP) is 1.29. The highest BCUT2D eigenvalue weighted by molar-refractivity contribution is 7.92. The maximum absolute atomic E-state index is 12.7. The summed E-state index contributed by atoms with van der Waals surface area (Å²) in [5.41, 5.74) is 7.99. The first-order chi connectivity index (χ1) is 10.0. The van der Waals surface area contributed by atoms with Crippen molar-refractivity contribution in [3.8, 4) is 6.07 Å². The molecular weight excluding hydrogens is 288 g/mol. The number of para-hydroxylation sites is 1. The fourth-order valence-electron chi connectivity index (χ4n) is 2.42. The number of nitrogens with zero attached hydrogens (tertiary/aromatic N) is 3. The second kappa shape index (κ2) is 4.75. The number of pyridine rings is 1. The van der Waals surface area contributed by atoms with Gasteiger partial charge in [-0.1, -0.05) is 12.1 Å². The van der Waals surface area contributed by atoms with Crippen LogP contribution in [0.4, 0.5) is 11.4 Å². The van der Waals surface area contributed by atoms with Gasteiger partial charge in [-0.3, -0.25) is 4.31 Å². The quantitative estimate of drug-likeness (QED) is 0.842. The zero-order valence-electron chi connectivity index (χ0n) is 11.0. The lowest BCUT2D eigenvalue weighted by Crippen LogP contribution is -2.29. The maximum atomic E-state index is 12.7. The molecule has 0 amide bonds. The van der Waals surface area contributed by atoms with Crippen molar-refractivity contribution in [3.05, 3.63) is 47.8 Å². The SMILES string of the molecule is N#Cc1ccc(S(=O)(=O)N2CCc3cccc(N)c32)cn1. The van der Waals surface area contributed by atoms with Crippen LogP contribution in [-0.2, 0) is 16.4 Å². The first-order valence-electron chi connectivity index (χ1n) is 6.30. The van der Waals surface area contributed by atoms with E-state index in [1.165, 1.54) is 22.6 Å². The number of hydrogen-bond acceptors (Lipinski definition) is 5. The fourth-order valence-corrected chi connectivity index (χ4v) is 3.89. The van der Waals surface area contributed by atoms with Gasteiger partial charge in [0, 0.05) is 12.7 Å². The smallest absolute Gasteiger partial charge is 0.265 e. The number of nitrogen functional groups attached to an aromatic ring is 1. The van der Waals surface area contributed by atoms with E-state index in [4.69, 9.17) is 11.0 Å². The van der Waals surface area contributed by atoms with Crippen LogP contribution in [0.3, 0.4) is 0 Å². The van der Waals surface area contributed by atoms with Crippen LogP contribution in [0.1, 0.15) is 11.3 Å². The number of sulfonamides is 1. The van der Waals surface area contributed by atoms with Gasteiger partial charge in [0.05, 0.1) is 11.4 Å². The molecule has 0 bridgehead atoms. The Bertz CT molecular complexity index is 838. The van der Waals surface area contributed by atoms with Crippen molar-refractivity contribution in [1.82, 2.24) is 4.98 Å². The van der Waals surface area contributed by atoms with Crippen LogP contribution in [0, 0.1) is 11.3 Å². The highest BCUT2D eigenvalue weighted by atomic mass is 32.2. The van der Waals surface area contributed by atoms with Crippen LogP contribution in [0.5, 0.6) is 0 Å². The summed E-state index contributed by atoms with van der Waals surface area (Å²) in [6.45, 7) is 0.353. The summed E-state index contributed by atoms with van der Waals surface area (Å²) in [5.74, 6) is 0. The van der Waals surface area contributed by atoms with Crippen molar-refractivity contribution in [2.75, 3.05) is 16.6 Å². The van der Waals surface area contributed by atoms with Gasteiger partial charge in [0.2, 0.25) is 0 Å². The molecule has 0 unspecified atom stereocenters. The monoisotopic (exact) mass is 300 g/mol. The van der Waals surface area contributed by atoms with Crippen molar-refractivity contribution < 1.29 is 8.42 Å². The van der Waals surface area contributed by atoms with Gasteiger partial charge in [-0.15, -0.1) is 0 Å². The van der Waals surface area contributed by atoms with E-state index in [2.05, 4.69) is 4.98 Å². The number of rotatable bonds is 2. The van der Waals surface area contributed by atoms with Gasteiger partial charge in [-0.2, -0.15) is 5.26 Å². The zero-order chi connectivity index (χ0) is 15.0. The second-order valence-corrected chi connectivity index (χ2v) is 6.54. The number of fused-ring (bicyclic) bond motifs is 1. The van der Waals surface area contributed by atoms with Gasteiger partial charge in [0.25, 0.3) is 10.0 Å². The Morgan fingerprint density at radius 1 is 1.29 bits per heavy atom. The summed E-state index contributed by atoms with van der Waals surface area (Å²) < 4.78 is 26.7. The minimum atomic E-state index is -3.72. The van der Waals surface area contributed by atoms with E-state index in [1.807, 2.05) is 18.2 Å². The average molecular weight is 300 g/mol. The van der Waals surface area contributed by atoms with E-state index < -0.39 is 10.0 Å². The Morgan fingerprint density at radius 2 is 2.10 bits per heavy atom. The summed E-state index contributed by atoms with van der Waals surface area (Å²) in [4.78, 5) is 3.87. The molecule has 2 N–H and O–H groups in total. The van der Waals surface area contributed by atoms with E-state index in [0.717, 1.165) is 5.56 Å². The number of nitrogens with two attached hydrogens (primary N) is 1. The summed E-state index contributed by atoms with van der Waals surface area (Å²) in [6.07, 6.45) is 1.83. The molecule has 0 spiro atoms. The maximum Gasteiger partial charge on any atom is 0.265 e. The fraction of sp³-hybridized carbons (Fsp3) is 0.143. The molecule has 0 atom stereocenters. The molecule has 1 aliphatic heterocycles. The third kappa shape index (κ3) is 2.10. The molecular formula is C14H12N4O2S. The molecule has 1 aromatic heterocycles. The number of nitriles is 1. The lowest BCUT2D eigenvalue weighted by atomic mass is 10.1. The summed E-state index contributed by atoms with van der Waals surface area (Å²) in [6, 6.07) is 10.0. The molecule has 106 valence electrons. The predicted molar refractivity (Wildman–Crippen MR) is 78.0 cm³/mol. The number of anilines is 2. The van der Waals surface area contributed by atoms with Gasteiger partial charge in [-0.25, -0.2) is 13.4 Å². The number of hydrogen-bond donors (Lipinski definition) is 1. The molecule has 0 fully saturated rings. The van der Waals surface area contributed by atoms with Crippen LogP contribution in [0.15, 0.2) is 41.4 Å². The molecule has 3 rings (SSSR count). The molecule has 2 heterocycles. The Kier molecular flexibility index (Phi) is 3.03. The molecule has 0 saturated heterocycles. The minimum Gasteiger partial charge on any atom is -0.397 e. The van der Waals surface area contributed by atoms with E-state index >= 15 is 0 Å². The second-order valence-electron chi connectivity index (χ2n) is 4.67. The average Bonchev–Trinajstić information content (AvgIpc) is 2.93. The Labute approximate surface area is 122 Å². The highest BCUT2D eigenvalue weighted by Crippen LogP contribution is 2.37. The van der Waals surface area contributed by atoms with Gasteiger partial charge in [-0.05, 0) is 30.2 Å². The molecule has 0 radical (unpaired) electrons. The minimum absolute atomic E-state index is 0.0533. The number of benzene rings is 1.